The van der Waals surface area contributed by atoms with E-state index in [2.05, 4.69) is 15.5 Å². The lowest BCUT2D eigenvalue weighted by Gasteiger charge is -2.08. The SMILES string of the molecule is Cc1cc(/C=N/NC(=O)COc2ccc(Cl)cc2C)c(C)[nH]1. The third-order valence-corrected chi connectivity index (χ3v) is 3.31. The Labute approximate surface area is 134 Å². The number of halogens is 1. The molecule has 0 unspecified atom stereocenters. The van der Waals surface area contributed by atoms with Gasteiger partial charge in [-0.2, -0.15) is 5.10 Å². The maximum absolute atomic E-state index is 11.7. The number of ether oxygens (including phenoxy) is 1. The monoisotopic (exact) mass is 319 g/mol. The van der Waals surface area contributed by atoms with Gasteiger partial charge in [0.25, 0.3) is 5.91 Å². The van der Waals surface area contributed by atoms with Gasteiger partial charge in [-0.25, -0.2) is 5.43 Å². The van der Waals surface area contributed by atoms with Gasteiger partial charge in [0, 0.05) is 22.0 Å². The van der Waals surface area contributed by atoms with Crippen molar-refractivity contribution in [1.29, 1.82) is 0 Å². The number of carbonyl (C=O) groups is 1. The summed E-state index contributed by atoms with van der Waals surface area (Å²) >= 11 is 5.86. The summed E-state index contributed by atoms with van der Waals surface area (Å²) in [5.41, 5.74) is 6.30. The zero-order valence-electron chi connectivity index (χ0n) is 12.7. The van der Waals surface area contributed by atoms with Crippen molar-refractivity contribution < 1.29 is 9.53 Å². The zero-order chi connectivity index (χ0) is 16.1. The maximum Gasteiger partial charge on any atom is 0.277 e. The molecule has 0 bridgehead atoms. The molecule has 2 aromatic rings. The van der Waals surface area contributed by atoms with Gasteiger partial charge < -0.3 is 9.72 Å². The standard InChI is InChI=1S/C16H18ClN3O2/c1-10-6-14(17)4-5-15(10)22-9-16(21)20-18-8-13-7-11(2)19-12(13)3/h4-8,19H,9H2,1-3H3,(H,20,21)/b18-8+. The first-order chi connectivity index (χ1) is 10.5. The lowest BCUT2D eigenvalue weighted by molar-refractivity contribution is -0.123. The van der Waals surface area contributed by atoms with E-state index in [4.69, 9.17) is 16.3 Å². The average Bonchev–Trinajstić information content (AvgIpc) is 2.76. The minimum Gasteiger partial charge on any atom is -0.483 e. The van der Waals surface area contributed by atoms with Gasteiger partial charge in [-0.1, -0.05) is 11.6 Å². The fourth-order valence-corrected chi connectivity index (χ4v) is 2.23. The van der Waals surface area contributed by atoms with Crippen molar-refractivity contribution >= 4 is 23.7 Å². The summed E-state index contributed by atoms with van der Waals surface area (Å²) in [5, 5.41) is 4.55. The number of aromatic amines is 1. The van der Waals surface area contributed by atoms with Gasteiger partial charge in [-0.15, -0.1) is 0 Å². The van der Waals surface area contributed by atoms with Gasteiger partial charge in [-0.3, -0.25) is 4.79 Å². The third kappa shape index (κ3) is 4.36. The molecular formula is C16H18ClN3O2. The van der Waals surface area contributed by atoms with Gasteiger partial charge in [0.2, 0.25) is 0 Å². The number of aryl methyl sites for hydroxylation is 3. The molecule has 1 amide bonds. The number of rotatable bonds is 5. The van der Waals surface area contributed by atoms with E-state index in [0.29, 0.717) is 10.8 Å². The highest BCUT2D eigenvalue weighted by atomic mass is 35.5. The van der Waals surface area contributed by atoms with Gasteiger partial charge in [0.1, 0.15) is 5.75 Å². The third-order valence-electron chi connectivity index (χ3n) is 3.08. The van der Waals surface area contributed by atoms with E-state index in [0.717, 1.165) is 22.5 Å². The maximum atomic E-state index is 11.7. The summed E-state index contributed by atoms with van der Waals surface area (Å²) in [6.07, 6.45) is 1.60. The lowest BCUT2D eigenvalue weighted by atomic mass is 10.2. The number of nitrogens with zero attached hydrogens (tertiary/aromatic N) is 1. The number of aromatic nitrogens is 1. The molecule has 5 nitrogen and oxygen atoms in total. The summed E-state index contributed by atoms with van der Waals surface area (Å²) in [4.78, 5) is 14.9. The molecule has 0 saturated carbocycles. The molecule has 0 aliphatic carbocycles. The predicted molar refractivity (Wildman–Crippen MR) is 87.7 cm³/mol. The van der Waals surface area contributed by atoms with Crippen LogP contribution in [0.25, 0.3) is 0 Å². The molecule has 2 rings (SSSR count). The molecule has 0 atom stereocenters. The molecule has 2 N–H and O–H groups in total. The Kier molecular flexibility index (Phi) is 5.22. The molecule has 0 radical (unpaired) electrons. The molecule has 0 fully saturated rings. The van der Waals surface area contributed by atoms with Crippen LogP contribution < -0.4 is 10.2 Å². The van der Waals surface area contributed by atoms with Crippen LogP contribution in [0.5, 0.6) is 5.75 Å². The number of hydrazone groups is 1. The number of hydrogen-bond acceptors (Lipinski definition) is 3. The van der Waals surface area contributed by atoms with E-state index in [-0.39, 0.29) is 12.5 Å². The Morgan fingerprint density at radius 1 is 1.36 bits per heavy atom. The van der Waals surface area contributed by atoms with Gasteiger partial charge in [-0.05, 0) is 50.6 Å². The first kappa shape index (κ1) is 16.1. The number of carbonyl (C=O) groups excluding carboxylic acids is 1. The van der Waals surface area contributed by atoms with E-state index in [1.165, 1.54) is 0 Å². The summed E-state index contributed by atoms with van der Waals surface area (Å²) < 4.78 is 5.43. The van der Waals surface area contributed by atoms with Crippen LogP contribution in [0.4, 0.5) is 0 Å². The fraction of sp³-hybridized carbons (Fsp3) is 0.250. The second-order valence-electron chi connectivity index (χ2n) is 5.02. The predicted octanol–water partition coefficient (Wildman–Crippen LogP) is 3.12. The summed E-state index contributed by atoms with van der Waals surface area (Å²) in [6, 6.07) is 7.19. The highest BCUT2D eigenvalue weighted by molar-refractivity contribution is 6.30. The Morgan fingerprint density at radius 2 is 2.14 bits per heavy atom. The van der Waals surface area contributed by atoms with Crippen LogP contribution in [-0.4, -0.2) is 23.7 Å². The second kappa shape index (κ2) is 7.13. The van der Waals surface area contributed by atoms with E-state index < -0.39 is 0 Å². The van der Waals surface area contributed by atoms with E-state index in [1.54, 1.807) is 24.4 Å². The Balaban J connectivity index is 1.84. The first-order valence-electron chi connectivity index (χ1n) is 6.83. The minimum absolute atomic E-state index is 0.106. The van der Waals surface area contributed by atoms with Crippen molar-refractivity contribution in [1.82, 2.24) is 10.4 Å². The molecule has 1 aromatic heterocycles. The number of nitrogens with one attached hydrogen (secondary N) is 2. The molecule has 0 saturated heterocycles. The van der Waals surface area contributed by atoms with Gasteiger partial charge in [0.15, 0.2) is 6.61 Å². The number of hydrogen-bond donors (Lipinski definition) is 2. The van der Waals surface area contributed by atoms with Crippen LogP contribution >= 0.6 is 11.6 Å². The van der Waals surface area contributed by atoms with Crippen LogP contribution in [0, 0.1) is 20.8 Å². The topological polar surface area (TPSA) is 66.5 Å². The van der Waals surface area contributed by atoms with Crippen molar-refractivity contribution in [2.45, 2.75) is 20.8 Å². The van der Waals surface area contributed by atoms with E-state index >= 15 is 0 Å². The molecule has 0 spiro atoms. The van der Waals surface area contributed by atoms with Gasteiger partial charge in [0.05, 0.1) is 6.21 Å². The number of H-pyrrole nitrogens is 1. The van der Waals surface area contributed by atoms with E-state index in [9.17, 15) is 4.79 Å². The molecule has 0 aliphatic heterocycles. The number of benzene rings is 1. The summed E-state index contributed by atoms with van der Waals surface area (Å²) in [6.45, 7) is 5.67. The van der Waals surface area contributed by atoms with Crippen molar-refractivity contribution in [3.8, 4) is 5.75 Å². The normalized spacial score (nSPS) is 10.9. The van der Waals surface area contributed by atoms with Crippen molar-refractivity contribution in [3.05, 3.63) is 51.8 Å². The van der Waals surface area contributed by atoms with E-state index in [1.807, 2.05) is 26.8 Å². The van der Waals surface area contributed by atoms with Crippen LogP contribution in [0.15, 0.2) is 29.4 Å². The smallest absolute Gasteiger partial charge is 0.277 e. The lowest BCUT2D eigenvalue weighted by Crippen LogP contribution is -2.24. The summed E-state index contributed by atoms with van der Waals surface area (Å²) in [7, 11) is 0. The number of amides is 1. The highest BCUT2D eigenvalue weighted by Crippen LogP contribution is 2.21. The van der Waals surface area contributed by atoms with Gasteiger partial charge >= 0.3 is 0 Å². The minimum atomic E-state index is -0.324. The molecule has 0 aliphatic rings. The Bertz CT molecular complexity index is 707. The molecule has 1 aromatic carbocycles. The fourth-order valence-electron chi connectivity index (χ4n) is 2.00. The van der Waals surface area contributed by atoms with Crippen molar-refractivity contribution in [3.63, 3.8) is 0 Å². The Morgan fingerprint density at radius 3 is 2.77 bits per heavy atom. The van der Waals surface area contributed by atoms with Crippen LogP contribution in [0.1, 0.15) is 22.5 Å². The summed E-state index contributed by atoms with van der Waals surface area (Å²) in [5.74, 6) is 0.302. The second-order valence-corrected chi connectivity index (χ2v) is 5.46. The first-order valence-corrected chi connectivity index (χ1v) is 7.20. The molecule has 22 heavy (non-hydrogen) atoms. The molecule has 6 heteroatoms. The van der Waals surface area contributed by atoms with Crippen LogP contribution in [0.2, 0.25) is 5.02 Å². The Hall–Kier alpha value is -2.27. The largest absolute Gasteiger partial charge is 0.483 e. The highest BCUT2D eigenvalue weighted by Gasteiger charge is 2.05. The molecular weight excluding hydrogens is 302 g/mol. The van der Waals surface area contributed by atoms with Crippen molar-refractivity contribution in [2.75, 3.05) is 6.61 Å². The average molecular weight is 320 g/mol. The van der Waals surface area contributed by atoms with Crippen LogP contribution in [0.3, 0.4) is 0 Å². The molecule has 1 heterocycles. The molecule has 116 valence electrons. The quantitative estimate of drug-likeness (QED) is 0.657. The van der Waals surface area contributed by atoms with Crippen molar-refractivity contribution in [2.24, 2.45) is 5.10 Å². The van der Waals surface area contributed by atoms with Crippen LogP contribution in [-0.2, 0) is 4.79 Å². The zero-order valence-corrected chi connectivity index (χ0v) is 13.5.